The summed E-state index contributed by atoms with van der Waals surface area (Å²) in [6, 6.07) is 1.78. The van der Waals surface area contributed by atoms with Crippen LogP contribution in [-0.2, 0) is 14.3 Å². The maximum Gasteiger partial charge on any atom is 0.339 e. The Morgan fingerprint density at radius 1 is 1.30 bits per heavy atom. The van der Waals surface area contributed by atoms with Crippen LogP contribution in [0.25, 0.3) is 6.08 Å². The van der Waals surface area contributed by atoms with E-state index in [4.69, 9.17) is 4.74 Å². The van der Waals surface area contributed by atoms with E-state index < -0.39 is 11.8 Å². The van der Waals surface area contributed by atoms with Gasteiger partial charge in [-0.25, -0.2) is 4.79 Å². The largest absolute Gasteiger partial charge is 0.478 e. The first-order chi connectivity index (χ1) is 11.1. The number of ketones is 1. The third kappa shape index (κ3) is 5.60. The lowest BCUT2D eigenvalue weighted by molar-refractivity contribution is -0.135. The number of ether oxygens (including phenoxy) is 1. The lowest BCUT2D eigenvalue weighted by atomic mass is 9.90. The molecule has 5 heteroatoms. The molecule has 124 valence electrons. The van der Waals surface area contributed by atoms with Crippen LogP contribution in [0.2, 0.25) is 0 Å². The van der Waals surface area contributed by atoms with Crippen molar-refractivity contribution < 1.29 is 19.4 Å². The molecule has 0 atom stereocenters. The van der Waals surface area contributed by atoms with Gasteiger partial charge in [-0.2, -0.15) is 0 Å². The fraction of sp³-hybridized carbons (Fsp3) is 0.500. The van der Waals surface area contributed by atoms with Gasteiger partial charge in [0.25, 0.3) is 0 Å². The van der Waals surface area contributed by atoms with Crippen LogP contribution in [0.15, 0.2) is 24.0 Å². The Bertz CT molecular complexity index is 588. The summed E-state index contributed by atoms with van der Waals surface area (Å²) >= 11 is 0. The second kappa shape index (κ2) is 8.58. The maximum absolute atomic E-state index is 12.1. The number of pyridine rings is 1. The van der Waals surface area contributed by atoms with Crippen LogP contribution < -0.4 is 0 Å². The van der Waals surface area contributed by atoms with Crippen molar-refractivity contribution in [2.24, 2.45) is 5.92 Å². The molecule has 1 aliphatic carbocycles. The van der Waals surface area contributed by atoms with E-state index in [1.54, 1.807) is 12.3 Å². The van der Waals surface area contributed by atoms with Gasteiger partial charge in [0.1, 0.15) is 12.2 Å². The third-order valence-corrected chi connectivity index (χ3v) is 4.05. The van der Waals surface area contributed by atoms with Crippen molar-refractivity contribution in [3.63, 3.8) is 0 Å². The monoisotopic (exact) mass is 317 g/mol. The summed E-state index contributed by atoms with van der Waals surface area (Å²) in [5.41, 5.74) is 1.24. The molecule has 0 radical (unpaired) electrons. The number of carbonyl (C=O) groups excluding carboxylic acids is 1. The highest BCUT2D eigenvalue weighted by Gasteiger charge is 2.19. The summed E-state index contributed by atoms with van der Waals surface area (Å²) in [6.45, 7) is 2.21. The molecular weight excluding hydrogens is 294 g/mol. The van der Waals surface area contributed by atoms with Crippen LogP contribution in [0, 0.1) is 12.8 Å². The molecule has 0 bridgehead atoms. The highest BCUT2D eigenvalue weighted by Crippen LogP contribution is 2.23. The van der Waals surface area contributed by atoms with E-state index in [2.05, 4.69) is 4.98 Å². The molecule has 0 unspecified atom stereocenters. The number of carboxylic acids is 1. The van der Waals surface area contributed by atoms with E-state index >= 15 is 0 Å². The Morgan fingerprint density at radius 2 is 2.04 bits per heavy atom. The molecule has 1 aliphatic rings. The number of carbonyl (C=O) groups is 2. The number of rotatable bonds is 7. The Hall–Kier alpha value is -2.01. The smallest absolute Gasteiger partial charge is 0.339 e. The van der Waals surface area contributed by atoms with E-state index in [0.717, 1.165) is 18.4 Å². The van der Waals surface area contributed by atoms with Gasteiger partial charge in [-0.05, 0) is 49.0 Å². The van der Waals surface area contributed by atoms with Crippen molar-refractivity contribution >= 4 is 17.8 Å². The van der Waals surface area contributed by atoms with Gasteiger partial charge in [-0.15, -0.1) is 0 Å². The summed E-state index contributed by atoms with van der Waals surface area (Å²) < 4.78 is 5.46. The number of aromatic nitrogens is 1. The molecule has 1 fully saturated rings. The van der Waals surface area contributed by atoms with Crippen LogP contribution in [-0.4, -0.2) is 35.1 Å². The average molecular weight is 317 g/mol. The van der Waals surface area contributed by atoms with Crippen molar-refractivity contribution in [2.45, 2.75) is 39.0 Å². The lowest BCUT2D eigenvalue weighted by Gasteiger charge is -2.21. The number of aryl methyl sites for hydroxylation is 1. The quantitative estimate of drug-likeness (QED) is 0.475. The second-order valence-corrected chi connectivity index (χ2v) is 6.10. The molecule has 0 spiro atoms. The molecule has 0 aromatic carbocycles. The topological polar surface area (TPSA) is 76.5 Å². The molecule has 0 saturated heterocycles. The fourth-order valence-electron chi connectivity index (χ4n) is 2.84. The SMILES string of the molecule is Cc1cncc(/C=C(\C(=O)O)C(=O)COCC2CCCCC2)c1. The number of hydrogen-bond donors (Lipinski definition) is 1. The predicted molar refractivity (Wildman–Crippen MR) is 87.0 cm³/mol. The van der Waals surface area contributed by atoms with E-state index in [9.17, 15) is 14.7 Å². The van der Waals surface area contributed by atoms with Crippen molar-refractivity contribution in [2.75, 3.05) is 13.2 Å². The van der Waals surface area contributed by atoms with Gasteiger partial charge in [0.05, 0.1) is 6.61 Å². The van der Waals surface area contributed by atoms with Gasteiger partial charge >= 0.3 is 5.97 Å². The number of aliphatic carboxylic acids is 1. The molecule has 0 amide bonds. The highest BCUT2D eigenvalue weighted by molar-refractivity contribution is 6.20. The average Bonchev–Trinajstić information content (AvgIpc) is 2.53. The molecule has 0 aliphatic heterocycles. The van der Waals surface area contributed by atoms with Gasteiger partial charge in [0.15, 0.2) is 5.78 Å². The summed E-state index contributed by atoms with van der Waals surface area (Å²) in [5, 5.41) is 9.26. The van der Waals surface area contributed by atoms with Gasteiger partial charge in [-0.1, -0.05) is 19.3 Å². The number of Topliss-reactive ketones (excluding diaryl/α,β-unsaturated/α-hetero) is 1. The third-order valence-electron chi connectivity index (χ3n) is 4.05. The molecule has 1 aromatic rings. The Labute approximate surface area is 136 Å². The normalized spacial score (nSPS) is 16.3. The van der Waals surface area contributed by atoms with Gasteiger partial charge in [0, 0.05) is 12.4 Å². The van der Waals surface area contributed by atoms with Crippen LogP contribution in [0.4, 0.5) is 0 Å². The summed E-state index contributed by atoms with van der Waals surface area (Å²) in [7, 11) is 0. The zero-order chi connectivity index (χ0) is 16.7. The van der Waals surface area contributed by atoms with Gasteiger partial charge in [-0.3, -0.25) is 9.78 Å². The molecular formula is C18H23NO4. The molecule has 1 heterocycles. The Kier molecular flexibility index (Phi) is 6.47. The standard InChI is InChI=1S/C18H23NO4/c1-13-7-15(10-19-9-13)8-16(18(21)22)17(20)12-23-11-14-5-3-2-4-6-14/h7-10,14H,2-6,11-12H2,1H3,(H,21,22)/b16-8-. The van der Waals surface area contributed by atoms with E-state index in [0.29, 0.717) is 18.1 Å². The van der Waals surface area contributed by atoms with Crippen LogP contribution in [0.3, 0.4) is 0 Å². The second-order valence-electron chi connectivity index (χ2n) is 6.10. The molecule has 2 rings (SSSR count). The predicted octanol–water partition coefficient (Wildman–Crippen LogP) is 3.02. The van der Waals surface area contributed by atoms with Gasteiger partial charge < -0.3 is 9.84 Å². The molecule has 1 N–H and O–H groups in total. The van der Waals surface area contributed by atoms with Gasteiger partial charge in [0.2, 0.25) is 0 Å². The number of hydrogen-bond acceptors (Lipinski definition) is 4. The Balaban J connectivity index is 1.94. The zero-order valence-electron chi connectivity index (χ0n) is 13.5. The molecule has 5 nitrogen and oxygen atoms in total. The molecule has 1 aromatic heterocycles. The van der Waals surface area contributed by atoms with E-state index in [-0.39, 0.29) is 12.2 Å². The Morgan fingerprint density at radius 3 is 2.70 bits per heavy atom. The first kappa shape index (κ1) is 17.3. The maximum atomic E-state index is 12.1. The summed E-state index contributed by atoms with van der Waals surface area (Å²) in [6.07, 6.45) is 10.5. The first-order valence-electron chi connectivity index (χ1n) is 8.04. The minimum Gasteiger partial charge on any atom is -0.478 e. The minimum absolute atomic E-state index is 0.187. The van der Waals surface area contributed by atoms with Crippen LogP contribution >= 0.6 is 0 Å². The first-order valence-corrected chi connectivity index (χ1v) is 8.04. The fourth-order valence-corrected chi connectivity index (χ4v) is 2.84. The van der Waals surface area contributed by atoms with E-state index in [1.165, 1.54) is 31.5 Å². The van der Waals surface area contributed by atoms with Crippen molar-refractivity contribution in [1.29, 1.82) is 0 Å². The van der Waals surface area contributed by atoms with Crippen molar-refractivity contribution in [3.05, 3.63) is 35.2 Å². The highest BCUT2D eigenvalue weighted by atomic mass is 16.5. The minimum atomic E-state index is -1.24. The van der Waals surface area contributed by atoms with Crippen LogP contribution in [0.1, 0.15) is 43.2 Å². The summed E-state index contributed by atoms with van der Waals surface area (Å²) in [4.78, 5) is 27.5. The van der Waals surface area contributed by atoms with E-state index in [1.807, 2.05) is 6.92 Å². The summed E-state index contributed by atoms with van der Waals surface area (Å²) in [5.74, 6) is -1.25. The lowest BCUT2D eigenvalue weighted by Crippen LogP contribution is -2.21. The molecule has 23 heavy (non-hydrogen) atoms. The van der Waals surface area contributed by atoms with Crippen LogP contribution in [0.5, 0.6) is 0 Å². The van der Waals surface area contributed by atoms with Crippen molar-refractivity contribution in [1.82, 2.24) is 4.98 Å². The molecule has 1 saturated carbocycles. The number of nitrogens with zero attached hydrogens (tertiary/aromatic N) is 1. The zero-order valence-corrected chi connectivity index (χ0v) is 13.5. The number of carboxylic acid groups (broad SMARTS) is 1. The van der Waals surface area contributed by atoms with Crippen molar-refractivity contribution in [3.8, 4) is 0 Å².